The summed E-state index contributed by atoms with van der Waals surface area (Å²) in [6, 6.07) is 16.8. The van der Waals surface area contributed by atoms with Crippen molar-refractivity contribution in [1.29, 1.82) is 0 Å². The number of para-hydroxylation sites is 1. The Kier molecular flexibility index (Phi) is 7.02. The zero-order valence-corrected chi connectivity index (χ0v) is 17.1. The Hall–Kier alpha value is -2.42. The Labute approximate surface area is 169 Å². The molecule has 0 atom stereocenters. The van der Waals surface area contributed by atoms with E-state index >= 15 is 0 Å². The van der Waals surface area contributed by atoms with Crippen molar-refractivity contribution in [2.24, 2.45) is 0 Å². The number of sulfonamides is 1. The minimum absolute atomic E-state index is 0.0864. The third kappa shape index (κ3) is 6.05. The highest BCUT2D eigenvalue weighted by molar-refractivity contribution is 7.89. The second-order valence-electron chi connectivity index (χ2n) is 5.98. The molecule has 0 aliphatic carbocycles. The van der Waals surface area contributed by atoms with E-state index in [0.29, 0.717) is 18.7 Å². The number of thiazole rings is 1. The molecular formula is C20H22N2O4S2. The van der Waals surface area contributed by atoms with Gasteiger partial charge in [0.25, 0.3) is 0 Å². The lowest BCUT2D eigenvalue weighted by molar-refractivity contribution is 0.340. The number of aromatic nitrogens is 1. The van der Waals surface area contributed by atoms with Crippen LogP contribution in [0.4, 0.5) is 0 Å². The Morgan fingerprint density at radius 1 is 1.04 bits per heavy atom. The molecular weight excluding hydrogens is 396 g/mol. The van der Waals surface area contributed by atoms with Crippen LogP contribution < -0.4 is 14.2 Å². The van der Waals surface area contributed by atoms with Gasteiger partial charge in [-0.2, -0.15) is 0 Å². The number of ether oxygens (including phenoxy) is 2. The topological polar surface area (TPSA) is 77.5 Å². The monoisotopic (exact) mass is 418 g/mol. The lowest BCUT2D eigenvalue weighted by Gasteiger charge is -2.08. The van der Waals surface area contributed by atoms with Crippen LogP contribution in [0.5, 0.6) is 11.5 Å². The molecule has 1 aromatic heterocycles. The van der Waals surface area contributed by atoms with Gasteiger partial charge in [-0.1, -0.05) is 18.2 Å². The summed E-state index contributed by atoms with van der Waals surface area (Å²) in [5, 5.41) is 2.85. The van der Waals surface area contributed by atoms with E-state index < -0.39 is 10.0 Å². The van der Waals surface area contributed by atoms with E-state index in [-0.39, 0.29) is 12.4 Å². The molecule has 8 heteroatoms. The highest BCUT2D eigenvalue weighted by Crippen LogP contribution is 2.24. The number of nitrogens with zero attached hydrogens (tertiary/aromatic N) is 1. The summed E-state index contributed by atoms with van der Waals surface area (Å²) in [4.78, 5) is 4.58. The van der Waals surface area contributed by atoms with Gasteiger partial charge in [-0.05, 0) is 36.4 Å². The van der Waals surface area contributed by atoms with Crippen molar-refractivity contribution in [1.82, 2.24) is 9.71 Å². The van der Waals surface area contributed by atoms with Gasteiger partial charge in [0.05, 0.1) is 23.6 Å². The predicted molar refractivity (Wildman–Crippen MR) is 112 cm³/mol. The molecule has 0 saturated carbocycles. The Morgan fingerprint density at radius 2 is 1.79 bits per heavy atom. The van der Waals surface area contributed by atoms with Crippen molar-refractivity contribution in [3.05, 3.63) is 65.0 Å². The number of methoxy groups -OCH3 is 1. The molecule has 0 radical (unpaired) electrons. The van der Waals surface area contributed by atoms with Gasteiger partial charge in [-0.15, -0.1) is 11.3 Å². The van der Waals surface area contributed by atoms with Crippen molar-refractivity contribution in [2.45, 2.75) is 6.42 Å². The summed E-state index contributed by atoms with van der Waals surface area (Å²) in [7, 11) is -1.76. The number of hydrogen-bond acceptors (Lipinski definition) is 6. The van der Waals surface area contributed by atoms with Gasteiger partial charge in [-0.3, -0.25) is 0 Å². The van der Waals surface area contributed by atoms with Crippen molar-refractivity contribution < 1.29 is 17.9 Å². The summed E-state index contributed by atoms with van der Waals surface area (Å²) in [6.45, 7) is 0.418. The molecule has 6 nitrogen and oxygen atoms in total. The van der Waals surface area contributed by atoms with Gasteiger partial charge in [0, 0.05) is 23.9 Å². The zero-order valence-electron chi connectivity index (χ0n) is 15.5. The third-order valence-corrected chi connectivity index (χ3v) is 6.22. The normalized spacial score (nSPS) is 11.3. The maximum atomic E-state index is 12.1. The second-order valence-corrected chi connectivity index (χ2v) is 8.85. The molecule has 3 rings (SSSR count). The van der Waals surface area contributed by atoms with Crippen LogP contribution in [-0.2, 0) is 16.4 Å². The zero-order chi connectivity index (χ0) is 19.8. The molecule has 0 amide bonds. The van der Waals surface area contributed by atoms with Crippen LogP contribution in [0.15, 0.2) is 60.0 Å². The molecule has 0 aliphatic rings. The highest BCUT2D eigenvalue weighted by Gasteiger charge is 2.11. The maximum Gasteiger partial charge on any atom is 0.214 e. The molecule has 1 N–H and O–H groups in total. The summed E-state index contributed by atoms with van der Waals surface area (Å²) >= 11 is 1.52. The first-order valence-electron chi connectivity index (χ1n) is 8.80. The standard InChI is InChI=1S/C20H22N2O4S2/c1-25-17-9-7-16(8-10-17)19-15-27-20(22-19)11-12-21-28(23,24)14-13-26-18-5-3-2-4-6-18/h2-10,15,21H,11-14H2,1H3. The molecule has 2 aromatic carbocycles. The molecule has 3 aromatic rings. The number of hydrogen-bond donors (Lipinski definition) is 1. The smallest absolute Gasteiger partial charge is 0.214 e. The third-order valence-electron chi connectivity index (χ3n) is 3.96. The molecule has 1 heterocycles. The Bertz CT molecular complexity index is 971. The maximum absolute atomic E-state index is 12.1. The van der Waals surface area contributed by atoms with Gasteiger partial charge in [0.2, 0.25) is 10.0 Å². The van der Waals surface area contributed by atoms with Gasteiger partial charge < -0.3 is 9.47 Å². The van der Waals surface area contributed by atoms with E-state index in [1.165, 1.54) is 11.3 Å². The van der Waals surface area contributed by atoms with E-state index in [0.717, 1.165) is 22.0 Å². The first kappa shape index (κ1) is 20.3. The van der Waals surface area contributed by atoms with Crippen LogP contribution >= 0.6 is 11.3 Å². The van der Waals surface area contributed by atoms with Crippen molar-refractivity contribution >= 4 is 21.4 Å². The number of benzene rings is 2. The summed E-state index contributed by atoms with van der Waals surface area (Å²) < 4.78 is 37.3. The van der Waals surface area contributed by atoms with Crippen LogP contribution in [0.2, 0.25) is 0 Å². The second kappa shape index (κ2) is 9.68. The van der Waals surface area contributed by atoms with Gasteiger partial charge in [0.15, 0.2) is 0 Å². The highest BCUT2D eigenvalue weighted by atomic mass is 32.2. The average Bonchev–Trinajstić information content (AvgIpc) is 3.17. The summed E-state index contributed by atoms with van der Waals surface area (Å²) in [5.74, 6) is 1.37. The van der Waals surface area contributed by atoms with Gasteiger partial charge in [0.1, 0.15) is 18.1 Å². The molecule has 0 fully saturated rings. The van der Waals surface area contributed by atoms with E-state index in [1.54, 1.807) is 19.2 Å². The summed E-state index contributed by atoms with van der Waals surface area (Å²) in [5.41, 5.74) is 1.88. The van der Waals surface area contributed by atoms with Crippen LogP contribution in [0, 0.1) is 0 Å². The average molecular weight is 419 g/mol. The van der Waals surface area contributed by atoms with Crippen molar-refractivity contribution in [3.8, 4) is 22.8 Å². The SMILES string of the molecule is COc1ccc(-c2csc(CCNS(=O)(=O)CCOc3ccccc3)n2)cc1. The van der Waals surface area contributed by atoms with E-state index in [1.807, 2.05) is 47.8 Å². The first-order chi connectivity index (χ1) is 13.6. The van der Waals surface area contributed by atoms with Gasteiger partial charge >= 0.3 is 0 Å². The molecule has 0 spiro atoms. The quantitative estimate of drug-likeness (QED) is 0.546. The molecule has 0 unspecified atom stereocenters. The fourth-order valence-electron chi connectivity index (χ4n) is 2.49. The lowest BCUT2D eigenvalue weighted by Crippen LogP contribution is -2.30. The summed E-state index contributed by atoms with van der Waals surface area (Å²) in [6.07, 6.45) is 0.541. The van der Waals surface area contributed by atoms with Crippen molar-refractivity contribution in [3.63, 3.8) is 0 Å². The number of rotatable bonds is 10. The van der Waals surface area contributed by atoms with Crippen LogP contribution in [0.25, 0.3) is 11.3 Å². The van der Waals surface area contributed by atoms with E-state index in [4.69, 9.17) is 9.47 Å². The number of nitrogens with one attached hydrogen (secondary N) is 1. The van der Waals surface area contributed by atoms with Crippen LogP contribution in [0.3, 0.4) is 0 Å². The molecule has 0 saturated heterocycles. The fourth-order valence-corrected chi connectivity index (χ4v) is 4.16. The van der Waals surface area contributed by atoms with E-state index in [2.05, 4.69) is 9.71 Å². The minimum Gasteiger partial charge on any atom is -0.497 e. The van der Waals surface area contributed by atoms with Crippen LogP contribution in [0.1, 0.15) is 5.01 Å². The van der Waals surface area contributed by atoms with Crippen LogP contribution in [-0.4, -0.2) is 39.4 Å². The Balaban J connectivity index is 1.44. The lowest BCUT2D eigenvalue weighted by atomic mass is 10.2. The molecule has 148 valence electrons. The molecule has 0 bridgehead atoms. The molecule has 0 aliphatic heterocycles. The minimum atomic E-state index is -3.39. The first-order valence-corrected chi connectivity index (χ1v) is 11.3. The van der Waals surface area contributed by atoms with Gasteiger partial charge in [-0.25, -0.2) is 18.1 Å². The fraction of sp³-hybridized carbons (Fsp3) is 0.250. The largest absolute Gasteiger partial charge is 0.497 e. The van der Waals surface area contributed by atoms with Crippen molar-refractivity contribution in [2.75, 3.05) is 26.0 Å². The Morgan fingerprint density at radius 3 is 2.50 bits per heavy atom. The predicted octanol–water partition coefficient (Wildman–Crippen LogP) is 3.36. The van der Waals surface area contributed by atoms with E-state index in [9.17, 15) is 8.42 Å². The molecule has 28 heavy (non-hydrogen) atoms.